The maximum absolute atomic E-state index is 12.6. The van der Waals surface area contributed by atoms with Crippen molar-refractivity contribution in [3.63, 3.8) is 0 Å². The fourth-order valence-corrected chi connectivity index (χ4v) is 2.30. The minimum absolute atomic E-state index is 0.141. The number of H-pyrrole nitrogens is 1. The number of carbonyl (C=O) groups excluding carboxylic acids is 1. The Kier molecular flexibility index (Phi) is 5.72. The number of rotatable bonds is 7. The minimum Gasteiger partial charge on any atom is -0.347 e. The number of nitrogens with one attached hydrogen (secondary N) is 1. The van der Waals surface area contributed by atoms with E-state index in [2.05, 4.69) is 20.9 Å². The molecule has 2 aromatic rings. The Morgan fingerprint density at radius 2 is 2.09 bits per heavy atom. The van der Waals surface area contributed by atoms with Crippen LogP contribution in [0.2, 0.25) is 0 Å². The maximum Gasteiger partial charge on any atom is 0.227 e. The highest BCUT2D eigenvalue weighted by molar-refractivity contribution is 5.78. The van der Waals surface area contributed by atoms with Crippen LogP contribution in [-0.2, 0) is 17.8 Å². The summed E-state index contributed by atoms with van der Waals surface area (Å²) >= 11 is 0. The van der Waals surface area contributed by atoms with Crippen LogP contribution in [-0.4, -0.2) is 52.9 Å². The molecular weight excluding hydrogens is 276 g/mol. The second-order valence-corrected chi connectivity index (χ2v) is 5.86. The van der Waals surface area contributed by atoms with E-state index >= 15 is 0 Å². The van der Waals surface area contributed by atoms with Gasteiger partial charge in [0.1, 0.15) is 0 Å². The lowest BCUT2D eigenvalue weighted by molar-refractivity contribution is -0.131. The van der Waals surface area contributed by atoms with E-state index < -0.39 is 0 Å². The van der Waals surface area contributed by atoms with E-state index in [1.54, 1.807) is 12.5 Å². The monoisotopic (exact) mass is 300 g/mol. The van der Waals surface area contributed by atoms with Crippen LogP contribution in [0.5, 0.6) is 0 Å². The van der Waals surface area contributed by atoms with Gasteiger partial charge in [-0.3, -0.25) is 4.79 Å². The van der Waals surface area contributed by atoms with Crippen LogP contribution in [0.15, 0.2) is 36.8 Å². The average molecular weight is 300 g/mol. The van der Waals surface area contributed by atoms with Crippen molar-refractivity contribution in [1.82, 2.24) is 19.8 Å². The van der Waals surface area contributed by atoms with Crippen LogP contribution in [0.4, 0.5) is 0 Å². The Morgan fingerprint density at radius 3 is 2.73 bits per heavy atom. The van der Waals surface area contributed by atoms with Crippen LogP contribution in [0.25, 0.3) is 0 Å². The van der Waals surface area contributed by atoms with E-state index in [9.17, 15) is 4.79 Å². The van der Waals surface area contributed by atoms with Gasteiger partial charge < -0.3 is 14.8 Å². The van der Waals surface area contributed by atoms with E-state index in [0.717, 1.165) is 17.8 Å². The van der Waals surface area contributed by atoms with Gasteiger partial charge in [0.15, 0.2) is 0 Å². The molecule has 0 saturated heterocycles. The molecule has 1 aromatic heterocycles. The molecule has 0 aliphatic heterocycles. The lowest BCUT2D eigenvalue weighted by Gasteiger charge is -2.24. The predicted octanol–water partition coefficient (Wildman–Crippen LogP) is 1.85. The number of aromatic amines is 1. The molecule has 0 aliphatic carbocycles. The molecule has 1 N–H and O–H groups in total. The number of amides is 1. The first kappa shape index (κ1) is 16.2. The van der Waals surface area contributed by atoms with Crippen molar-refractivity contribution in [3.05, 3.63) is 53.6 Å². The van der Waals surface area contributed by atoms with Crippen LogP contribution >= 0.6 is 0 Å². The summed E-state index contributed by atoms with van der Waals surface area (Å²) < 4.78 is 0. The molecule has 1 amide bonds. The fraction of sp³-hybridized carbons (Fsp3) is 0.412. The third-order valence-electron chi connectivity index (χ3n) is 3.52. The summed E-state index contributed by atoms with van der Waals surface area (Å²) in [5, 5.41) is 0. The van der Waals surface area contributed by atoms with Crippen molar-refractivity contribution < 1.29 is 4.79 Å². The zero-order chi connectivity index (χ0) is 15.9. The van der Waals surface area contributed by atoms with E-state index in [4.69, 9.17) is 0 Å². The van der Waals surface area contributed by atoms with Gasteiger partial charge in [-0.05, 0) is 26.6 Å². The average Bonchev–Trinajstić information content (AvgIpc) is 2.96. The highest BCUT2D eigenvalue weighted by atomic mass is 16.2. The van der Waals surface area contributed by atoms with E-state index in [1.165, 1.54) is 5.56 Å². The van der Waals surface area contributed by atoms with Crippen molar-refractivity contribution in [2.45, 2.75) is 19.9 Å². The maximum atomic E-state index is 12.6. The molecule has 5 heteroatoms. The number of benzene rings is 1. The number of carbonyl (C=O) groups is 1. The summed E-state index contributed by atoms with van der Waals surface area (Å²) in [6.45, 7) is 4.16. The number of hydrogen-bond acceptors (Lipinski definition) is 3. The fourth-order valence-electron chi connectivity index (χ4n) is 2.30. The third kappa shape index (κ3) is 5.00. The smallest absolute Gasteiger partial charge is 0.227 e. The predicted molar refractivity (Wildman–Crippen MR) is 87.4 cm³/mol. The molecule has 2 rings (SSSR count). The topological polar surface area (TPSA) is 52.2 Å². The zero-order valence-electron chi connectivity index (χ0n) is 13.5. The minimum atomic E-state index is 0.141. The second kappa shape index (κ2) is 7.75. The van der Waals surface area contributed by atoms with Gasteiger partial charge in [0.25, 0.3) is 0 Å². The second-order valence-electron chi connectivity index (χ2n) is 5.86. The Balaban J connectivity index is 2.04. The first-order valence-electron chi connectivity index (χ1n) is 7.50. The van der Waals surface area contributed by atoms with Crippen molar-refractivity contribution in [2.75, 3.05) is 27.2 Å². The van der Waals surface area contributed by atoms with Gasteiger partial charge in [-0.2, -0.15) is 0 Å². The van der Waals surface area contributed by atoms with Gasteiger partial charge in [0, 0.05) is 19.3 Å². The summed E-state index contributed by atoms with van der Waals surface area (Å²) in [6, 6.07) is 8.11. The van der Waals surface area contributed by atoms with Gasteiger partial charge >= 0.3 is 0 Å². The van der Waals surface area contributed by atoms with Gasteiger partial charge in [0.2, 0.25) is 5.91 Å². The Bertz CT molecular complexity index is 592. The molecule has 0 bridgehead atoms. The van der Waals surface area contributed by atoms with Gasteiger partial charge in [-0.15, -0.1) is 0 Å². The number of likely N-dealkylation sites (N-methyl/N-ethyl adjacent to an activating group) is 1. The Labute approximate surface area is 132 Å². The summed E-state index contributed by atoms with van der Waals surface area (Å²) in [6.07, 6.45) is 3.84. The number of aryl methyl sites for hydroxylation is 1. The number of imidazole rings is 1. The molecule has 1 heterocycles. The first-order chi connectivity index (χ1) is 10.5. The molecule has 118 valence electrons. The summed E-state index contributed by atoms with van der Waals surface area (Å²) in [5.41, 5.74) is 3.19. The van der Waals surface area contributed by atoms with Crippen molar-refractivity contribution in [3.8, 4) is 0 Å². The largest absolute Gasteiger partial charge is 0.347 e. The molecule has 0 aliphatic rings. The normalized spacial score (nSPS) is 10.9. The highest BCUT2D eigenvalue weighted by Gasteiger charge is 2.15. The lowest BCUT2D eigenvalue weighted by Crippen LogP contribution is -2.37. The molecule has 0 saturated carbocycles. The number of aromatic nitrogens is 2. The van der Waals surface area contributed by atoms with Gasteiger partial charge in [-0.25, -0.2) is 4.98 Å². The van der Waals surface area contributed by atoms with E-state index in [0.29, 0.717) is 19.5 Å². The van der Waals surface area contributed by atoms with Crippen LogP contribution in [0.1, 0.15) is 16.8 Å². The SMILES string of the molecule is Cc1cccc(CC(=O)N(CCN(C)C)Cc2cnc[nH]2)c1. The molecule has 5 nitrogen and oxygen atoms in total. The lowest BCUT2D eigenvalue weighted by atomic mass is 10.1. The quantitative estimate of drug-likeness (QED) is 0.849. The van der Waals surface area contributed by atoms with E-state index in [-0.39, 0.29) is 5.91 Å². The third-order valence-corrected chi connectivity index (χ3v) is 3.52. The number of nitrogens with zero attached hydrogens (tertiary/aromatic N) is 3. The number of hydrogen-bond donors (Lipinski definition) is 1. The molecule has 1 aromatic carbocycles. The summed E-state index contributed by atoms with van der Waals surface area (Å²) in [7, 11) is 4.03. The summed E-state index contributed by atoms with van der Waals surface area (Å²) in [4.78, 5) is 23.7. The molecule has 0 unspecified atom stereocenters. The van der Waals surface area contributed by atoms with Gasteiger partial charge in [-0.1, -0.05) is 29.8 Å². The van der Waals surface area contributed by atoms with Crippen LogP contribution < -0.4 is 0 Å². The standard InChI is InChI=1S/C17H24N4O/c1-14-5-4-6-15(9-14)10-17(22)21(8-7-20(2)3)12-16-11-18-13-19-16/h4-6,9,11,13H,7-8,10,12H2,1-3H3,(H,18,19). The van der Waals surface area contributed by atoms with Crippen molar-refractivity contribution in [2.24, 2.45) is 0 Å². The molecular formula is C17H24N4O. The Morgan fingerprint density at radius 1 is 1.27 bits per heavy atom. The van der Waals surface area contributed by atoms with Crippen LogP contribution in [0.3, 0.4) is 0 Å². The molecule has 0 radical (unpaired) electrons. The first-order valence-corrected chi connectivity index (χ1v) is 7.50. The highest BCUT2D eigenvalue weighted by Crippen LogP contribution is 2.09. The van der Waals surface area contributed by atoms with Crippen molar-refractivity contribution >= 4 is 5.91 Å². The zero-order valence-corrected chi connectivity index (χ0v) is 13.5. The molecule has 0 atom stereocenters. The Hall–Kier alpha value is -2.14. The van der Waals surface area contributed by atoms with E-state index in [1.807, 2.05) is 44.1 Å². The van der Waals surface area contributed by atoms with Crippen LogP contribution in [0, 0.1) is 6.92 Å². The molecule has 22 heavy (non-hydrogen) atoms. The summed E-state index contributed by atoms with van der Waals surface area (Å²) in [5.74, 6) is 0.141. The molecule has 0 spiro atoms. The van der Waals surface area contributed by atoms with Crippen molar-refractivity contribution in [1.29, 1.82) is 0 Å². The molecule has 0 fully saturated rings. The van der Waals surface area contributed by atoms with Gasteiger partial charge in [0.05, 0.1) is 25.0 Å².